The van der Waals surface area contributed by atoms with E-state index < -0.39 is 0 Å². The van der Waals surface area contributed by atoms with Crippen molar-refractivity contribution >= 4 is 16.9 Å². The molecule has 1 saturated heterocycles. The fourth-order valence-corrected chi connectivity index (χ4v) is 3.65. The van der Waals surface area contributed by atoms with Gasteiger partial charge in [-0.2, -0.15) is 0 Å². The van der Waals surface area contributed by atoms with E-state index in [-0.39, 0.29) is 5.82 Å². The van der Waals surface area contributed by atoms with Crippen molar-refractivity contribution in [1.29, 1.82) is 0 Å². The van der Waals surface area contributed by atoms with Gasteiger partial charge >= 0.3 is 0 Å². The maximum Gasteiger partial charge on any atom is 0.187 e. The van der Waals surface area contributed by atoms with Crippen molar-refractivity contribution in [2.45, 2.75) is 25.3 Å². The average molecular weight is 352 g/mol. The van der Waals surface area contributed by atoms with Gasteiger partial charge in [-0.05, 0) is 25.0 Å². The highest BCUT2D eigenvalue weighted by molar-refractivity contribution is 5.74. The van der Waals surface area contributed by atoms with Gasteiger partial charge in [0, 0.05) is 32.1 Å². The summed E-state index contributed by atoms with van der Waals surface area (Å²) >= 11 is 0. The van der Waals surface area contributed by atoms with Crippen LogP contribution < -0.4 is 4.90 Å². The monoisotopic (exact) mass is 352 g/mol. The third-order valence-corrected chi connectivity index (χ3v) is 5.25. The van der Waals surface area contributed by atoms with Gasteiger partial charge in [0.25, 0.3) is 0 Å². The normalized spacial score (nSPS) is 18.6. The molecule has 0 radical (unpaired) electrons. The Labute approximate surface area is 151 Å². The van der Waals surface area contributed by atoms with Gasteiger partial charge in [-0.1, -0.05) is 12.1 Å². The van der Waals surface area contributed by atoms with E-state index in [9.17, 15) is 4.39 Å². The zero-order valence-electron chi connectivity index (χ0n) is 14.5. The third kappa shape index (κ3) is 2.92. The van der Waals surface area contributed by atoms with Gasteiger partial charge in [0.15, 0.2) is 11.6 Å². The smallest absolute Gasteiger partial charge is 0.187 e. The summed E-state index contributed by atoms with van der Waals surface area (Å²) < 4.78 is 14.7. The predicted molar refractivity (Wildman–Crippen MR) is 97.5 cm³/mol. The Bertz CT molecular complexity index is 894. The highest BCUT2D eigenvalue weighted by atomic mass is 19.1. The molecule has 3 heterocycles. The molecule has 3 aromatic rings. The van der Waals surface area contributed by atoms with Gasteiger partial charge in [-0.15, -0.1) is 0 Å². The van der Waals surface area contributed by atoms with Crippen LogP contribution in [0.25, 0.3) is 11.0 Å². The van der Waals surface area contributed by atoms with Crippen molar-refractivity contribution in [3.63, 3.8) is 0 Å². The molecule has 1 aromatic carbocycles. The number of aromatic amines is 1. The number of halogens is 1. The van der Waals surface area contributed by atoms with E-state index in [1.54, 1.807) is 0 Å². The van der Waals surface area contributed by atoms with Crippen LogP contribution in [0.3, 0.4) is 0 Å². The summed E-state index contributed by atoms with van der Waals surface area (Å²) in [5.41, 5.74) is 2.66. The second-order valence-electron chi connectivity index (χ2n) is 7.13. The quantitative estimate of drug-likeness (QED) is 0.782. The number of nitrogens with zero attached hydrogens (tertiary/aromatic N) is 5. The fourth-order valence-electron chi connectivity index (χ4n) is 3.65. The number of hydrogen-bond acceptors (Lipinski definition) is 5. The van der Waals surface area contributed by atoms with Crippen LogP contribution in [0.2, 0.25) is 0 Å². The molecule has 1 N–H and O–H groups in total. The summed E-state index contributed by atoms with van der Waals surface area (Å²) in [6.45, 7) is 4.02. The van der Waals surface area contributed by atoms with Gasteiger partial charge in [0.2, 0.25) is 0 Å². The Morgan fingerprint density at radius 2 is 1.88 bits per heavy atom. The number of imidazole rings is 1. The molecule has 0 spiro atoms. The van der Waals surface area contributed by atoms with Crippen LogP contribution in [0.5, 0.6) is 0 Å². The highest BCUT2D eigenvalue weighted by Crippen LogP contribution is 2.41. The summed E-state index contributed by atoms with van der Waals surface area (Å²) in [5, 5.41) is 0. The summed E-state index contributed by atoms with van der Waals surface area (Å²) in [5.74, 6) is 1.51. The lowest BCUT2D eigenvalue weighted by atomic mass is 10.2. The lowest BCUT2D eigenvalue weighted by Crippen LogP contribution is -2.46. The van der Waals surface area contributed by atoms with Crippen LogP contribution in [-0.4, -0.2) is 51.0 Å². The minimum atomic E-state index is -0.222. The summed E-state index contributed by atoms with van der Waals surface area (Å²) in [6, 6.07) is 8.06. The first kappa shape index (κ1) is 15.7. The van der Waals surface area contributed by atoms with Crippen LogP contribution in [0, 0.1) is 5.82 Å². The fraction of sp³-hybridized carbons (Fsp3) is 0.421. The second kappa shape index (κ2) is 6.32. The molecule has 0 atom stereocenters. The third-order valence-electron chi connectivity index (χ3n) is 5.25. The molecule has 2 aromatic heterocycles. The number of anilines is 1. The van der Waals surface area contributed by atoms with Crippen LogP contribution >= 0.6 is 0 Å². The Morgan fingerprint density at radius 3 is 2.65 bits per heavy atom. The van der Waals surface area contributed by atoms with E-state index in [0.717, 1.165) is 62.4 Å². The standard InChI is InChI=1S/C19H21FN6/c20-17-18(13-5-6-13)21-12-22-19(17)26-9-7-25(8-10-26)11-16-23-14-3-1-2-4-15(14)24-16/h1-4,12-13H,5-11H2,(H,23,24). The minimum Gasteiger partial charge on any atom is -0.352 e. The highest BCUT2D eigenvalue weighted by Gasteiger charge is 2.31. The Morgan fingerprint density at radius 1 is 1.08 bits per heavy atom. The number of piperazine rings is 1. The van der Waals surface area contributed by atoms with Crippen molar-refractivity contribution in [3.8, 4) is 0 Å². The SMILES string of the molecule is Fc1c(C2CC2)ncnc1N1CCN(Cc2nc3ccccc3[nH]2)CC1. The second-order valence-corrected chi connectivity index (χ2v) is 7.13. The van der Waals surface area contributed by atoms with E-state index in [2.05, 4.69) is 24.8 Å². The first-order chi connectivity index (χ1) is 12.8. The molecule has 1 aliphatic heterocycles. The molecule has 5 rings (SSSR count). The van der Waals surface area contributed by atoms with Crippen molar-refractivity contribution in [2.75, 3.05) is 31.1 Å². The molecule has 7 heteroatoms. The summed E-state index contributed by atoms with van der Waals surface area (Å²) in [7, 11) is 0. The largest absolute Gasteiger partial charge is 0.352 e. The number of hydrogen-bond donors (Lipinski definition) is 1. The van der Waals surface area contributed by atoms with Crippen LogP contribution in [0.15, 0.2) is 30.6 Å². The topological polar surface area (TPSA) is 60.9 Å². The number of fused-ring (bicyclic) bond motifs is 1. The molecule has 2 fully saturated rings. The first-order valence-electron chi connectivity index (χ1n) is 9.19. The molecule has 1 saturated carbocycles. The maximum absolute atomic E-state index is 14.7. The number of para-hydroxylation sites is 2. The van der Waals surface area contributed by atoms with Crippen LogP contribution in [-0.2, 0) is 6.54 Å². The number of aromatic nitrogens is 4. The molecule has 134 valence electrons. The predicted octanol–water partition coefficient (Wildman–Crippen LogP) is 2.69. The molecule has 6 nitrogen and oxygen atoms in total. The molecular weight excluding hydrogens is 331 g/mol. The van der Waals surface area contributed by atoms with E-state index in [4.69, 9.17) is 0 Å². The maximum atomic E-state index is 14.7. The first-order valence-corrected chi connectivity index (χ1v) is 9.19. The number of rotatable bonds is 4. The Balaban J connectivity index is 1.25. The molecule has 2 aliphatic rings. The molecular formula is C19H21FN6. The van der Waals surface area contributed by atoms with Gasteiger partial charge < -0.3 is 9.88 Å². The molecule has 0 unspecified atom stereocenters. The lowest BCUT2D eigenvalue weighted by molar-refractivity contribution is 0.243. The van der Waals surface area contributed by atoms with Gasteiger partial charge in [-0.25, -0.2) is 19.3 Å². The van der Waals surface area contributed by atoms with E-state index in [0.29, 0.717) is 17.4 Å². The number of H-pyrrole nitrogens is 1. The summed E-state index contributed by atoms with van der Waals surface area (Å²) in [6.07, 6.45) is 3.59. The average Bonchev–Trinajstić information content (AvgIpc) is 3.42. The van der Waals surface area contributed by atoms with Gasteiger partial charge in [0.05, 0.1) is 23.3 Å². The number of nitrogens with one attached hydrogen (secondary N) is 1. The van der Waals surface area contributed by atoms with E-state index in [1.165, 1.54) is 6.33 Å². The van der Waals surface area contributed by atoms with Crippen molar-refractivity contribution < 1.29 is 4.39 Å². The lowest BCUT2D eigenvalue weighted by Gasteiger charge is -2.35. The zero-order chi connectivity index (χ0) is 17.5. The summed E-state index contributed by atoms with van der Waals surface area (Å²) in [4.78, 5) is 20.8. The van der Waals surface area contributed by atoms with E-state index in [1.807, 2.05) is 29.2 Å². The Hall–Kier alpha value is -2.54. The van der Waals surface area contributed by atoms with Crippen LogP contribution in [0.4, 0.5) is 10.2 Å². The number of benzene rings is 1. The Kier molecular flexibility index (Phi) is 3.81. The van der Waals surface area contributed by atoms with Gasteiger partial charge in [-0.3, -0.25) is 4.90 Å². The molecule has 0 amide bonds. The molecule has 0 bridgehead atoms. The molecule has 1 aliphatic carbocycles. The van der Waals surface area contributed by atoms with Gasteiger partial charge in [0.1, 0.15) is 12.2 Å². The van der Waals surface area contributed by atoms with Crippen molar-refractivity contribution in [1.82, 2.24) is 24.8 Å². The van der Waals surface area contributed by atoms with Crippen molar-refractivity contribution in [2.24, 2.45) is 0 Å². The zero-order valence-corrected chi connectivity index (χ0v) is 14.5. The molecule has 26 heavy (non-hydrogen) atoms. The van der Waals surface area contributed by atoms with E-state index >= 15 is 0 Å². The van der Waals surface area contributed by atoms with Crippen LogP contribution in [0.1, 0.15) is 30.3 Å². The van der Waals surface area contributed by atoms with Crippen molar-refractivity contribution in [3.05, 3.63) is 47.9 Å². The minimum absolute atomic E-state index is 0.222.